The summed E-state index contributed by atoms with van der Waals surface area (Å²) in [6, 6.07) is 0. The average molecular weight is 444 g/mol. The molecule has 0 bridgehead atoms. The van der Waals surface area contributed by atoms with Crippen LogP contribution in [-0.4, -0.2) is 27.4 Å². The molecule has 0 aromatic rings. The van der Waals surface area contributed by atoms with Crippen molar-refractivity contribution in [2.75, 3.05) is 0 Å². The Kier molecular flexibility index (Phi) is 6.34. The molecule has 0 saturated carbocycles. The minimum Gasteiger partial charge on any atom is -0.200 e. The molecule has 0 rings (SSSR count). The van der Waals surface area contributed by atoms with Crippen molar-refractivity contribution in [2.24, 2.45) is 0 Å². The van der Waals surface area contributed by atoms with Crippen molar-refractivity contribution in [1.82, 2.24) is 0 Å². The van der Waals surface area contributed by atoms with Crippen molar-refractivity contribution in [3.63, 3.8) is 0 Å². The van der Waals surface area contributed by atoms with Gasteiger partial charge < -0.3 is 0 Å². The van der Waals surface area contributed by atoms with E-state index in [0.717, 1.165) is 0 Å². The zero-order valence-corrected chi connectivity index (χ0v) is 13.3. The maximum Gasteiger partial charge on any atom is 0.460 e. The molecule has 0 radical (unpaired) electrons. The van der Waals surface area contributed by atoms with E-state index < -0.39 is 33.8 Å². The van der Waals surface area contributed by atoms with Crippen LogP contribution >= 0.6 is 22.6 Å². The van der Waals surface area contributed by atoms with Crippen LogP contribution in [0.15, 0.2) is 0 Å². The van der Waals surface area contributed by atoms with Crippen LogP contribution in [0.3, 0.4) is 0 Å². The minimum atomic E-state index is -6.80. The minimum absolute atomic E-state index is 0.00663. The lowest BCUT2D eigenvalue weighted by molar-refractivity contribution is -0.397. The second-order valence-electron chi connectivity index (χ2n) is 4.78. The Morgan fingerprint density at radius 2 is 1.19 bits per heavy atom. The Hall–Kier alpha value is 0.1000. The highest BCUT2D eigenvalue weighted by molar-refractivity contribution is 14.1. The lowest BCUT2D eigenvalue weighted by Crippen LogP contribution is -2.62. The fourth-order valence-corrected chi connectivity index (χ4v) is 2.77. The average Bonchev–Trinajstić information content (AvgIpc) is 2.26. The van der Waals surface area contributed by atoms with Gasteiger partial charge >= 0.3 is 23.9 Å². The zero-order chi connectivity index (χ0) is 17.3. The van der Waals surface area contributed by atoms with Gasteiger partial charge in [0.25, 0.3) is 0 Å². The normalized spacial score (nSPS) is 17.7. The van der Waals surface area contributed by atoms with Crippen LogP contribution in [-0.2, 0) is 0 Å². The molecule has 0 heterocycles. The number of rotatable bonds is 7. The summed E-state index contributed by atoms with van der Waals surface area (Å²) in [5, 5.41) is 0. The Balaban J connectivity index is 5.58. The lowest BCUT2D eigenvalue weighted by atomic mass is 9.89. The second-order valence-corrected chi connectivity index (χ2v) is 7.07. The molecule has 128 valence electrons. The summed E-state index contributed by atoms with van der Waals surface area (Å²) >= 11 is 1.41. The highest BCUT2D eigenvalue weighted by Gasteiger charge is 2.81. The first-order chi connectivity index (χ1) is 9.08. The van der Waals surface area contributed by atoms with Crippen molar-refractivity contribution in [3.8, 4) is 0 Å². The van der Waals surface area contributed by atoms with Crippen molar-refractivity contribution in [3.05, 3.63) is 0 Å². The summed E-state index contributed by atoms with van der Waals surface area (Å²) in [4.78, 5) is 0. The predicted octanol–water partition coefficient (Wildman–Crippen LogP) is 6.23. The molecule has 0 aromatic heterocycles. The molecule has 0 aliphatic heterocycles. The summed E-state index contributed by atoms with van der Waals surface area (Å²) in [7, 11) is 0. The summed E-state index contributed by atoms with van der Waals surface area (Å²) in [5.74, 6) is -18.8. The third-order valence-electron chi connectivity index (χ3n) is 3.08. The van der Waals surface area contributed by atoms with Crippen LogP contribution in [0.25, 0.3) is 0 Å². The van der Waals surface area contributed by atoms with E-state index in [1.54, 1.807) is 6.92 Å². The van der Waals surface area contributed by atoms with E-state index in [-0.39, 0.29) is 12.8 Å². The van der Waals surface area contributed by atoms with Crippen molar-refractivity contribution >= 4 is 22.6 Å². The van der Waals surface area contributed by atoms with E-state index in [2.05, 4.69) is 0 Å². The Morgan fingerprint density at radius 3 is 1.48 bits per heavy atom. The van der Waals surface area contributed by atoms with Gasteiger partial charge in [-0.05, 0) is 12.8 Å². The molecule has 0 saturated heterocycles. The van der Waals surface area contributed by atoms with Gasteiger partial charge in [-0.3, -0.25) is 0 Å². The molecule has 0 N–H and O–H groups in total. The van der Waals surface area contributed by atoms with E-state index in [1.807, 2.05) is 0 Å². The van der Waals surface area contributed by atoms with Crippen LogP contribution < -0.4 is 0 Å². The Bertz CT molecular complexity index is 350. The highest BCUT2D eigenvalue weighted by atomic mass is 127. The quantitative estimate of drug-likeness (QED) is 0.248. The molecule has 0 amide bonds. The maximum absolute atomic E-state index is 13.5. The topological polar surface area (TPSA) is 0 Å². The number of hydrogen-bond donors (Lipinski definition) is 0. The molecule has 1 atom stereocenters. The number of alkyl halides is 10. The molecule has 0 aromatic carbocycles. The van der Waals surface area contributed by atoms with Crippen LogP contribution in [0.1, 0.15) is 39.5 Å². The fourth-order valence-electron chi connectivity index (χ4n) is 1.75. The van der Waals surface area contributed by atoms with Gasteiger partial charge in [-0.25, -0.2) is 0 Å². The Morgan fingerprint density at radius 1 is 0.762 bits per heavy atom. The van der Waals surface area contributed by atoms with Gasteiger partial charge in [0, 0.05) is 9.84 Å². The molecule has 21 heavy (non-hydrogen) atoms. The molecular weight excluding hydrogens is 430 g/mol. The highest BCUT2D eigenvalue weighted by Crippen LogP contribution is 2.56. The van der Waals surface area contributed by atoms with Crippen molar-refractivity contribution < 1.29 is 39.5 Å². The second kappa shape index (κ2) is 6.31. The van der Waals surface area contributed by atoms with Crippen LogP contribution in [0.2, 0.25) is 0 Å². The summed E-state index contributed by atoms with van der Waals surface area (Å²) in [6.07, 6.45) is -8.29. The first-order valence-corrected chi connectivity index (χ1v) is 7.05. The molecular formula is C11H14F9I. The summed E-state index contributed by atoms with van der Waals surface area (Å²) in [6.45, 7) is 2.93. The largest absolute Gasteiger partial charge is 0.460 e. The monoisotopic (exact) mass is 444 g/mol. The smallest absolute Gasteiger partial charge is 0.200 e. The van der Waals surface area contributed by atoms with Crippen molar-refractivity contribution in [2.45, 2.75) is 66.9 Å². The molecule has 0 aliphatic carbocycles. The van der Waals surface area contributed by atoms with Gasteiger partial charge in [-0.1, -0.05) is 42.9 Å². The molecule has 0 aliphatic rings. The first-order valence-electron chi connectivity index (χ1n) is 5.97. The fraction of sp³-hybridized carbons (Fsp3) is 1.00. The molecule has 0 spiro atoms. The standard InChI is InChI=1S/C11H14F9I/c1-3-5-7(21,4-2)6-8(12,13)9(14,15)10(16,17)11(18,19)20/h3-6H2,1-2H3. The number of hydrogen-bond acceptors (Lipinski definition) is 0. The third-order valence-corrected chi connectivity index (χ3v) is 4.76. The molecule has 1 unspecified atom stereocenters. The van der Waals surface area contributed by atoms with Gasteiger partial charge in [0.15, 0.2) is 0 Å². The third kappa shape index (κ3) is 4.10. The van der Waals surface area contributed by atoms with E-state index in [9.17, 15) is 39.5 Å². The first kappa shape index (κ1) is 21.1. The molecule has 0 nitrogen and oxygen atoms in total. The summed E-state index contributed by atoms with van der Waals surface area (Å²) in [5.41, 5.74) is 0. The molecule has 10 heteroatoms. The van der Waals surface area contributed by atoms with Gasteiger partial charge in [0.05, 0.1) is 0 Å². The zero-order valence-electron chi connectivity index (χ0n) is 11.1. The van der Waals surface area contributed by atoms with E-state index >= 15 is 0 Å². The SMILES string of the molecule is CCCC(I)(CC)CC(F)(F)C(F)(F)C(F)(F)C(F)(F)F. The van der Waals surface area contributed by atoms with Crippen LogP contribution in [0.5, 0.6) is 0 Å². The lowest BCUT2D eigenvalue weighted by Gasteiger charge is -2.37. The maximum atomic E-state index is 13.5. The van der Waals surface area contributed by atoms with Gasteiger partial charge in [0.1, 0.15) is 0 Å². The summed E-state index contributed by atoms with van der Waals surface area (Å²) < 4.78 is 113. The van der Waals surface area contributed by atoms with Crippen LogP contribution in [0, 0.1) is 0 Å². The van der Waals surface area contributed by atoms with Crippen molar-refractivity contribution in [1.29, 1.82) is 0 Å². The number of halogens is 10. The van der Waals surface area contributed by atoms with E-state index in [0.29, 0.717) is 6.42 Å². The van der Waals surface area contributed by atoms with Gasteiger partial charge in [-0.15, -0.1) is 0 Å². The van der Waals surface area contributed by atoms with Gasteiger partial charge in [0.2, 0.25) is 0 Å². The van der Waals surface area contributed by atoms with Gasteiger partial charge in [-0.2, -0.15) is 39.5 Å². The van der Waals surface area contributed by atoms with Crippen LogP contribution in [0.4, 0.5) is 39.5 Å². The van der Waals surface area contributed by atoms with E-state index in [1.165, 1.54) is 29.5 Å². The Labute approximate surface area is 129 Å². The van der Waals surface area contributed by atoms with E-state index in [4.69, 9.17) is 0 Å². The molecule has 0 fully saturated rings. The predicted molar refractivity (Wildman–Crippen MR) is 67.5 cm³/mol.